The number of rotatable bonds is 2. The Kier molecular flexibility index (Phi) is 2.33. The highest BCUT2D eigenvalue weighted by Crippen LogP contribution is 2.29. The van der Waals surface area contributed by atoms with E-state index in [0.29, 0.717) is 4.90 Å². The third kappa shape index (κ3) is 1.63. The predicted molar refractivity (Wildman–Crippen MR) is 54.1 cm³/mol. The summed E-state index contributed by atoms with van der Waals surface area (Å²) in [6, 6.07) is 2.96. The normalized spacial score (nSPS) is 15.0. The molecule has 1 aromatic rings. The van der Waals surface area contributed by atoms with E-state index in [-0.39, 0.29) is 17.7 Å². The molecule has 7 nitrogen and oxygen atoms in total. The molecule has 88 valence electrons. The van der Waals surface area contributed by atoms with Crippen molar-refractivity contribution in [2.75, 3.05) is 4.90 Å². The van der Waals surface area contributed by atoms with Crippen LogP contribution in [-0.2, 0) is 19.7 Å². The number of nitrogens with zero attached hydrogens (tertiary/aromatic N) is 1. The van der Waals surface area contributed by atoms with Crippen molar-refractivity contribution in [2.45, 2.75) is 4.90 Å². The minimum absolute atomic E-state index is 0.00222. The number of benzene rings is 1. The van der Waals surface area contributed by atoms with Crippen molar-refractivity contribution in [3.8, 4) is 0 Å². The maximum atomic E-state index is 11.4. The second-order valence-corrected chi connectivity index (χ2v) is 4.69. The zero-order valence-corrected chi connectivity index (χ0v) is 8.97. The Morgan fingerprint density at radius 2 is 1.88 bits per heavy atom. The summed E-state index contributed by atoms with van der Waals surface area (Å²) in [5.41, 5.74) is -0.223. The summed E-state index contributed by atoms with van der Waals surface area (Å²) in [6.07, 6.45) is 0.166. The van der Waals surface area contributed by atoms with E-state index in [1.807, 2.05) is 0 Å². The lowest BCUT2D eigenvalue weighted by Crippen LogP contribution is -2.27. The minimum atomic E-state index is -4.46. The van der Waals surface area contributed by atoms with E-state index < -0.39 is 26.7 Å². The molecule has 1 aliphatic rings. The van der Waals surface area contributed by atoms with Crippen LogP contribution < -0.4 is 4.90 Å². The lowest BCUT2D eigenvalue weighted by molar-refractivity contribution is -0.118. The van der Waals surface area contributed by atoms with Gasteiger partial charge in [0.1, 0.15) is 0 Å². The second kappa shape index (κ2) is 3.47. The summed E-state index contributed by atoms with van der Waals surface area (Å²) in [4.78, 5) is 33.4. The number of anilines is 1. The monoisotopic (exact) mass is 255 g/mol. The maximum Gasteiger partial charge on any atom is 0.306 e. The van der Waals surface area contributed by atoms with Gasteiger partial charge < -0.3 is 0 Å². The van der Waals surface area contributed by atoms with Gasteiger partial charge in [-0.15, -0.1) is 0 Å². The summed E-state index contributed by atoms with van der Waals surface area (Å²) in [5, 5.41) is 0. The quantitative estimate of drug-likeness (QED) is 0.438. The van der Waals surface area contributed by atoms with Crippen LogP contribution >= 0.6 is 0 Å². The molecule has 1 heterocycles. The molecule has 0 spiro atoms. The van der Waals surface area contributed by atoms with Gasteiger partial charge in [0, 0.05) is 0 Å². The van der Waals surface area contributed by atoms with Crippen molar-refractivity contribution in [1.82, 2.24) is 0 Å². The molecule has 0 saturated heterocycles. The fourth-order valence-electron chi connectivity index (χ4n) is 1.51. The van der Waals surface area contributed by atoms with E-state index in [2.05, 4.69) is 0 Å². The molecule has 0 aromatic heterocycles. The van der Waals surface area contributed by atoms with Crippen molar-refractivity contribution in [3.63, 3.8) is 0 Å². The Bertz CT molecular complexity index is 647. The van der Waals surface area contributed by atoms with Gasteiger partial charge in [-0.2, -0.15) is 8.42 Å². The van der Waals surface area contributed by atoms with Crippen LogP contribution in [0.3, 0.4) is 0 Å². The number of hydrogen-bond acceptors (Lipinski definition) is 5. The van der Waals surface area contributed by atoms with Gasteiger partial charge in [0.25, 0.3) is 15.9 Å². The summed E-state index contributed by atoms with van der Waals surface area (Å²) < 4.78 is 30.5. The van der Waals surface area contributed by atoms with Gasteiger partial charge in [0.05, 0.1) is 16.1 Å². The molecule has 1 aliphatic heterocycles. The van der Waals surface area contributed by atoms with Crippen LogP contribution in [0.4, 0.5) is 5.69 Å². The molecule has 2 rings (SSSR count). The molecule has 2 amide bonds. The highest BCUT2D eigenvalue weighted by atomic mass is 32.2. The third-order valence-corrected chi connectivity index (χ3v) is 3.14. The highest BCUT2D eigenvalue weighted by Gasteiger charge is 2.36. The smallest absolute Gasteiger partial charge is 0.283 e. The fraction of sp³-hybridized carbons (Fsp3) is 0. The molecular formula is C9H5NO6S. The molecule has 0 saturated carbocycles. The molecule has 0 bridgehead atoms. The van der Waals surface area contributed by atoms with Crippen LogP contribution in [0.5, 0.6) is 0 Å². The Morgan fingerprint density at radius 3 is 2.41 bits per heavy atom. The van der Waals surface area contributed by atoms with Gasteiger partial charge in [0.15, 0.2) is 0 Å². The first-order valence-corrected chi connectivity index (χ1v) is 5.75. The topological polar surface area (TPSA) is 109 Å². The molecule has 8 heteroatoms. The molecular weight excluding hydrogens is 250 g/mol. The number of ketones is 1. The van der Waals surface area contributed by atoms with E-state index in [0.717, 1.165) is 18.2 Å². The van der Waals surface area contributed by atoms with Crippen LogP contribution in [-0.4, -0.2) is 31.1 Å². The van der Waals surface area contributed by atoms with Crippen molar-refractivity contribution in [1.29, 1.82) is 0 Å². The largest absolute Gasteiger partial charge is 0.306 e. The average Bonchev–Trinajstić information content (AvgIpc) is 2.50. The molecule has 0 unspecified atom stereocenters. The molecule has 1 N–H and O–H groups in total. The number of carbonyl (C=O) groups excluding carboxylic acids is 3. The minimum Gasteiger partial charge on any atom is -0.283 e. The summed E-state index contributed by atoms with van der Waals surface area (Å²) in [6.45, 7) is 0. The predicted octanol–water partition coefficient (Wildman–Crippen LogP) is -0.381. The van der Waals surface area contributed by atoms with Gasteiger partial charge in [-0.3, -0.25) is 18.9 Å². The number of carbonyl (C=O) groups is 3. The molecule has 0 radical (unpaired) electrons. The van der Waals surface area contributed by atoms with Gasteiger partial charge in [0.2, 0.25) is 6.41 Å². The van der Waals surface area contributed by atoms with Crippen LogP contribution in [0.25, 0.3) is 0 Å². The zero-order chi connectivity index (χ0) is 12.8. The lowest BCUT2D eigenvalue weighted by Gasteiger charge is -2.06. The third-order valence-electron chi connectivity index (χ3n) is 2.29. The lowest BCUT2D eigenvalue weighted by atomic mass is 10.1. The van der Waals surface area contributed by atoms with Crippen molar-refractivity contribution >= 4 is 33.9 Å². The number of Topliss-reactive ketones (excluding diaryl/α,β-unsaturated/α-hetero) is 1. The second-order valence-electron chi connectivity index (χ2n) is 3.26. The molecule has 0 aliphatic carbocycles. The van der Waals surface area contributed by atoms with Crippen molar-refractivity contribution in [3.05, 3.63) is 23.8 Å². The maximum absolute atomic E-state index is 11.4. The Labute approximate surface area is 95.4 Å². The first kappa shape index (κ1) is 11.4. The summed E-state index contributed by atoms with van der Waals surface area (Å²) >= 11 is 0. The van der Waals surface area contributed by atoms with E-state index in [4.69, 9.17) is 4.55 Å². The van der Waals surface area contributed by atoms with Crippen LogP contribution in [0.2, 0.25) is 0 Å². The first-order chi connectivity index (χ1) is 7.86. The van der Waals surface area contributed by atoms with Crippen LogP contribution in [0, 0.1) is 0 Å². The van der Waals surface area contributed by atoms with Gasteiger partial charge in [-0.1, -0.05) is 0 Å². The number of fused-ring (bicyclic) bond motifs is 1. The van der Waals surface area contributed by atoms with Gasteiger partial charge in [-0.25, -0.2) is 4.90 Å². The molecule has 1 aromatic carbocycles. The summed E-state index contributed by atoms with van der Waals surface area (Å²) in [5.74, 6) is -2.04. The van der Waals surface area contributed by atoms with E-state index in [1.165, 1.54) is 0 Å². The zero-order valence-electron chi connectivity index (χ0n) is 8.15. The number of imide groups is 1. The van der Waals surface area contributed by atoms with Gasteiger partial charge in [-0.05, 0) is 18.2 Å². The van der Waals surface area contributed by atoms with Gasteiger partial charge >= 0.3 is 5.91 Å². The summed E-state index contributed by atoms with van der Waals surface area (Å²) in [7, 11) is -4.46. The Hall–Kier alpha value is -2.06. The standard InChI is InChI=1S/C9H5NO6S/c11-4-10-7-2-1-5(17(14,15)16)3-6(7)8(12)9(10)13/h1-4H,(H,14,15,16). The Morgan fingerprint density at radius 1 is 1.24 bits per heavy atom. The van der Waals surface area contributed by atoms with E-state index in [9.17, 15) is 22.8 Å². The average molecular weight is 255 g/mol. The molecule has 0 fully saturated rings. The van der Waals surface area contributed by atoms with Crippen LogP contribution in [0.15, 0.2) is 23.1 Å². The molecule has 17 heavy (non-hydrogen) atoms. The van der Waals surface area contributed by atoms with Crippen LogP contribution in [0.1, 0.15) is 10.4 Å². The number of hydrogen-bond donors (Lipinski definition) is 1. The van der Waals surface area contributed by atoms with E-state index in [1.54, 1.807) is 0 Å². The highest BCUT2D eigenvalue weighted by molar-refractivity contribution is 7.85. The Balaban J connectivity index is 2.68. The van der Waals surface area contributed by atoms with E-state index >= 15 is 0 Å². The number of amides is 2. The van der Waals surface area contributed by atoms with Crippen molar-refractivity contribution in [2.24, 2.45) is 0 Å². The SMILES string of the molecule is O=CN1C(=O)C(=O)c2cc(S(=O)(=O)O)ccc21. The molecule has 0 atom stereocenters. The first-order valence-electron chi connectivity index (χ1n) is 4.31. The fourth-order valence-corrected chi connectivity index (χ4v) is 2.01. The van der Waals surface area contributed by atoms with Crippen molar-refractivity contribution < 1.29 is 27.4 Å².